The first-order chi connectivity index (χ1) is 13.9. The molecule has 0 amide bonds. The highest BCUT2D eigenvalue weighted by molar-refractivity contribution is 5.92. The summed E-state index contributed by atoms with van der Waals surface area (Å²) in [5, 5.41) is 11.0. The van der Waals surface area contributed by atoms with Crippen LogP contribution in [-0.2, 0) is 16.0 Å². The second-order valence-electron chi connectivity index (χ2n) is 8.56. The minimum Gasteiger partial charge on any atom is -0.512 e. The molecule has 0 saturated carbocycles. The Labute approximate surface area is 174 Å². The van der Waals surface area contributed by atoms with Gasteiger partial charge in [0.1, 0.15) is 11.4 Å². The summed E-state index contributed by atoms with van der Waals surface area (Å²) in [4.78, 5) is 13.1. The second kappa shape index (κ2) is 9.30. The molecule has 0 spiro atoms. The Morgan fingerprint density at radius 1 is 1.03 bits per heavy atom. The zero-order valence-electron chi connectivity index (χ0n) is 17.7. The molecule has 0 radical (unpaired) electrons. The Morgan fingerprint density at radius 3 is 2.21 bits per heavy atom. The van der Waals surface area contributed by atoms with E-state index >= 15 is 0 Å². The molecule has 1 N–H and O–H groups in total. The van der Waals surface area contributed by atoms with Gasteiger partial charge in [-0.05, 0) is 42.7 Å². The normalized spacial score (nSPS) is 20.6. The topological polar surface area (TPSA) is 46.5 Å². The van der Waals surface area contributed by atoms with Crippen LogP contribution in [0.4, 0.5) is 0 Å². The lowest BCUT2D eigenvalue weighted by molar-refractivity contribution is -0.162. The highest BCUT2D eigenvalue weighted by Gasteiger charge is 2.43. The van der Waals surface area contributed by atoms with E-state index in [2.05, 4.69) is 26.0 Å². The SMILES string of the molecule is CCC(C1=C(O)CC(CCc2ccccc2)(CC(C)C)OC1=O)c1ccccc1. The molecule has 0 saturated heterocycles. The molecule has 3 rings (SSSR count). The van der Waals surface area contributed by atoms with Gasteiger partial charge >= 0.3 is 5.97 Å². The predicted octanol–water partition coefficient (Wildman–Crippen LogP) is 6.36. The molecule has 154 valence electrons. The van der Waals surface area contributed by atoms with Gasteiger partial charge in [-0.2, -0.15) is 0 Å². The lowest BCUT2D eigenvalue weighted by Gasteiger charge is -2.40. The van der Waals surface area contributed by atoms with Gasteiger partial charge in [0, 0.05) is 12.3 Å². The van der Waals surface area contributed by atoms with E-state index in [1.807, 2.05) is 55.5 Å². The molecule has 2 aromatic rings. The van der Waals surface area contributed by atoms with Crippen LogP contribution in [0.25, 0.3) is 0 Å². The molecule has 0 bridgehead atoms. The average Bonchev–Trinajstić information content (AvgIpc) is 2.70. The summed E-state index contributed by atoms with van der Waals surface area (Å²) >= 11 is 0. The number of rotatable bonds is 8. The number of cyclic esters (lactones) is 1. The van der Waals surface area contributed by atoms with Crippen LogP contribution in [0.15, 0.2) is 72.0 Å². The van der Waals surface area contributed by atoms with Gasteiger partial charge in [-0.15, -0.1) is 0 Å². The average molecular weight is 393 g/mol. The monoisotopic (exact) mass is 392 g/mol. The Bertz CT molecular complexity index is 839. The molecule has 3 nitrogen and oxygen atoms in total. The first kappa shape index (κ1) is 21.2. The number of hydrogen-bond donors (Lipinski definition) is 1. The number of aliphatic hydroxyl groups is 1. The number of carbonyl (C=O) groups excluding carboxylic acids is 1. The molecular weight excluding hydrogens is 360 g/mol. The van der Waals surface area contributed by atoms with Crippen molar-refractivity contribution < 1.29 is 14.6 Å². The van der Waals surface area contributed by atoms with Gasteiger partial charge in [0.15, 0.2) is 0 Å². The van der Waals surface area contributed by atoms with Gasteiger partial charge in [0.25, 0.3) is 0 Å². The van der Waals surface area contributed by atoms with E-state index in [-0.39, 0.29) is 17.6 Å². The van der Waals surface area contributed by atoms with Crippen molar-refractivity contribution in [2.75, 3.05) is 0 Å². The van der Waals surface area contributed by atoms with Crippen LogP contribution in [-0.4, -0.2) is 16.7 Å². The standard InChI is InChI=1S/C26H32O3/c1-4-22(21-13-9-6-10-14-21)24-23(27)18-26(17-19(2)3,29-25(24)28)16-15-20-11-7-5-8-12-20/h5-14,19,22,27H,4,15-18H2,1-3H3. The van der Waals surface area contributed by atoms with Gasteiger partial charge in [-0.3, -0.25) is 0 Å². The maximum absolute atomic E-state index is 13.1. The molecule has 0 aromatic heterocycles. The zero-order valence-corrected chi connectivity index (χ0v) is 17.7. The van der Waals surface area contributed by atoms with Crippen LogP contribution in [0.2, 0.25) is 0 Å². The number of esters is 1. The Kier molecular flexibility index (Phi) is 6.79. The minimum atomic E-state index is -0.649. The molecule has 3 heteroatoms. The minimum absolute atomic E-state index is 0.144. The van der Waals surface area contributed by atoms with Crippen molar-refractivity contribution in [3.63, 3.8) is 0 Å². The Morgan fingerprint density at radius 2 is 1.66 bits per heavy atom. The molecule has 1 aliphatic heterocycles. The summed E-state index contributed by atoms with van der Waals surface area (Å²) in [6.45, 7) is 6.30. The predicted molar refractivity (Wildman–Crippen MR) is 117 cm³/mol. The van der Waals surface area contributed by atoms with Gasteiger partial charge in [-0.1, -0.05) is 81.4 Å². The fourth-order valence-corrected chi connectivity index (χ4v) is 4.56. The summed E-state index contributed by atoms with van der Waals surface area (Å²) in [5.74, 6) is 0.0581. The molecule has 0 aliphatic carbocycles. The lowest BCUT2D eigenvalue weighted by atomic mass is 9.78. The van der Waals surface area contributed by atoms with E-state index in [1.165, 1.54) is 5.56 Å². The number of benzene rings is 2. The van der Waals surface area contributed by atoms with Gasteiger partial charge in [0.2, 0.25) is 0 Å². The number of carbonyl (C=O) groups is 1. The number of aryl methyl sites for hydroxylation is 1. The van der Waals surface area contributed by atoms with Crippen LogP contribution < -0.4 is 0 Å². The van der Waals surface area contributed by atoms with Gasteiger partial charge < -0.3 is 9.84 Å². The van der Waals surface area contributed by atoms with Crippen molar-refractivity contribution in [3.05, 3.63) is 83.1 Å². The fourth-order valence-electron chi connectivity index (χ4n) is 4.56. The summed E-state index contributed by atoms with van der Waals surface area (Å²) in [6, 6.07) is 20.1. The first-order valence-electron chi connectivity index (χ1n) is 10.7. The third kappa shape index (κ3) is 5.09. The van der Waals surface area contributed by atoms with Crippen LogP contribution in [0.5, 0.6) is 0 Å². The molecule has 1 heterocycles. The molecule has 2 unspecified atom stereocenters. The molecule has 0 fully saturated rings. The van der Waals surface area contributed by atoms with Crippen molar-refractivity contribution >= 4 is 5.97 Å². The van der Waals surface area contributed by atoms with Crippen molar-refractivity contribution in [2.45, 2.75) is 64.4 Å². The summed E-state index contributed by atoms with van der Waals surface area (Å²) in [6.07, 6.45) is 3.40. The Hall–Kier alpha value is -2.55. The quantitative estimate of drug-likeness (QED) is 0.532. The van der Waals surface area contributed by atoms with Crippen molar-refractivity contribution in [2.24, 2.45) is 5.92 Å². The molecule has 29 heavy (non-hydrogen) atoms. The van der Waals surface area contributed by atoms with Gasteiger partial charge in [0.05, 0.1) is 5.57 Å². The highest BCUT2D eigenvalue weighted by atomic mass is 16.6. The Balaban J connectivity index is 1.88. The maximum atomic E-state index is 13.1. The van der Waals surface area contributed by atoms with Crippen molar-refractivity contribution in [1.29, 1.82) is 0 Å². The third-order valence-electron chi connectivity index (χ3n) is 5.78. The molecule has 1 aliphatic rings. The fraction of sp³-hybridized carbons (Fsp3) is 0.423. The first-order valence-corrected chi connectivity index (χ1v) is 10.7. The maximum Gasteiger partial charge on any atom is 0.338 e. The van der Waals surface area contributed by atoms with E-state index in [0.717, 1.165) is 24.8 Å². The third-order valence-corrected chi connectivity index (χ3v) is 5.78. The molecule has 2 atom stereocenters. The van der Waals surface area contributed by atoms with Crippen molar-refractivity contribution in [1.82, 2.24) is 0 Å². The molecule has 2 aromatic carbocycles. The van der Waals surface area contributed by atoms with Crippen LogP contribution in [0.1, 0.15) is 63.5 Å². The van der Waals surface area contributed by atoms with E-state index in [9.17, 15) is 9.90 Å². The zero-order chi connectivity index (χ0) is 20.9. The largest absolute Gasteiger partial charge is 0.512 e. The van der Waals surface area contributed by atoms with Crippen molar-refractivity contribution in [3.8, 4) is 0 Å². The van der Waals surface area contributed by atoms with E-state index in [0.29, 0.717) is 24.3 Å². The van der Waals surface area contributed by atoms with E-state index in [1.54, 1.807) is 0 Å². The molecular formula is C26H32O3. The number of aliphatic hydroxyl groups excluding tert-OH is 1. The summed E-state index contributed by atoms with van der Waals surface area (Å²) in [7, 11) is 0. The van der Waals surface area contributed by atoms with Crippen LogP contribution in [0, 0.1) is 5.92 Å². The summed E-state index contributed by atoms with van der Waals surface area (Å²) < 4.78 is 6.14. The lowest BCUT2D eigenvalue weighted by Crippen LogP contribution is -2.42. The second-order valence-corrected chi connectivity index (χ2v) is 8.56. The van der Waals surface area contributed by atoms with E-state index < -0.39 is 5.60 Å². The van der Waals surface area contributed by atoms with E-state index in [4.69, 9.17) is 4.74 Å². The summed E-state index contributed by atoms with van der Waals surface area (Å²) in [5.41, 5.74) is 2.03. The number of hydrogen-bond acceptors (Lipinski definition) is 3. The smallest absolute Gasteiger partial charge is 0.338 e. The highest BCUT2D eigenvalue weighted by Crippen LogP contribution is 2.42. The van der Waals surface area contributed by atoms with Crippen LogP contribution >= 0.6 is 0 Å². The number of ether oxygens (including phenoxy) is 1. The van der Waals surface area contributed by atoms with Crippen LogP contribution in [0.3, 0.4) is 0 Å². The van der Waals surface area contributed by atoms with Gasteiger partial charge in [-0.25, -0.2) is 4.79 Å².